The maximum Gasteiger partial charge on any atom is 0.150 e. The van der Waals surface area contributed by atoms with E-state index in [0.717, 1.165) is 11.8 Å². The Labute approximate surface area is 125 Å². The Hall–Kier alpha value is -2.29. The van der Waals surface area contributed by atoms with E-state index >= 15 is 0 Å². The van der Waals surface area contributed by atoms with Gasteiger partial charge in [-0.15, -0.1) is 0 Å². The van der Waals surface area contributed by atoms with Gasteiger partial charge < -0.3 is 10.2 Å². The Bertz CT molecular complexity index is 610. The lowest BCUT2D eigenvalue weighted by Gasteiger charge is -2.19. The molecule has 0 unspecified atom stereocenters. The Morgan fingerprint density at radius 3 is 1.90 bits per heavy atom. The number of aldehydes is 1. The van der Waals surface area contributed by atoms with Gasteiger partial charge in [-0.25, -0.2) is 0 Å². The van der Waals surface area contributed by atoms with Gasteiger partial charge >= 0.3 is 0 Å². The predicted octanol–water partition coefficient (Wildman–Crippen LogP) is 4.20. The van der Waals surface area contributed by atoms with Gasteiger partial charge in [0.2, 0.25) is 0 Å². The monoisotopic (exact) mass is 286 g/mol. The summed E-state index contributed by atoms with van der Waals surface area (Å²) in [7, 11) is 0. The lowest BCUT2D eigenvalue weighted by Crippen LogP contribution is -2.10. The first kappa shape index (κ1) is 16.8. The van der Waals surface area contributed by atoms with Crippen molar-refractivity contribution in [2.45, 2.75) is 33.1 Å². The average Bonchev–Trinajstić information content (AvgIpc) is 2.42. The average molecular weight is 286 g/mol. The summed E-state index contributed by atoms with van der Waals surface area (Å²) in [5.74, 6) is 0.560. The molecule has 0 fully saturated rings. The first-order valence-electron chi connectivity index (χ1n) is 6.79. The van der Waals surface area contributed by atoms with Crippen LogP contribution in [0, 0.1) is 6.92 Å². The van der Waals surface area contributed by atoms with E-state index in [9.17, 15) is 9.90 Å². The summed E-state index contributed by atoms with van der Waals surface area (Å²) >= 11 is 0. The highest BCUT2D eigenvalue weighted by atomic mass is 16.3. The van der Waals surface area contributed by atoms with E-state index in [1.54, 1.807) is 31.2 Å². The van der Waals surface area contributed by atoms with Gasteiger partial charge in [0.15, 0.2) is 0 Å². The number of hydrogen-bond donors (Lipinski definition) is 2. The van der Waals surface area contributed by atoms with Crippen molar-refractivity contribution >= 4 is 6.29 Å². The van der Waals surface area contributed by atoms with Crippen LogP contribution in [-0.4, -0.2) is 16.5 Å². The van der Waals surface area contributed by atoms with Crippen molar-refractivity contribution in [1.82, 2.24) is 0 Å². The van der Waals surface area contributed by atoms with E-state index in [4.69, 9.17) is 5.11 Å². The van der Waals surface area contributed by atoms with E-state index in [1.165, 1.54) is 0 Å². The molecule has 3 nitrogen and oxygen atoms in total. The molecule has 0 aliphatic heterocycles. The summed E-state index contributed by atoms with van der Waals surface area (Å²) in [6.45, 7) is 7.96. The van der Waals surface area contributed by atoms with Gasteiger partial charge in [-0.1, -0.05) is 51.1 Å². The highest BCUT2D eigenvalue weighted by molar-refractivity contribution is 5.78. The number of carbonyl (C=O) groups is 1. The molecule has 21 heavy (non-hydrogen) atoms. The molecule has 0 saturated heterocycles. The van der Waals surface area contributed by atoms with Crippen LogP contribution in [0.25, 0.3) is 0 Å². The summed E-state index contributed by atoms with van der Waals surface area (Å²) in [6, 6.07) is 12.3. The molecule has 0 spiro atoms. The van der Waals surface area contributed by atoms with Gasteiger partial charge in [0.1, 0.15) is 17.8 Å². The molecule has 2 N–H and O–H groups in total. The summed E-state index contributed by atoms with van der Waals surface area (Å²) in [5, 5.41) is 18.5. The molecule has 0 aliphatic carbocycles. The zero-order valence-corrected chi connectivity index (χ0v) is 12.9. The molecular formula is C18H22O3. The lowest BCUT2D eigenvalue weighted by molar-refractivity contribution is 0.112. The Morgan fingerprint density at radius 1 is 0.905 bits per heavy atom. The van der Waals surface area contributed by atoms with E-state index in [2.05, 4.69) is 20.8 Å². The van der Waals surface area contributed by atoms with E-state index in [1.807, 2.05) is 18.2 Å². The number of benzene rings is 2. The predicted molar refractivity (Wildman–Crippen MR) is 85.0 cm³/mol. The summed E-state index contributed by atoms with van der Waals surface area (Å²) in [6.07, 6.45) is 0.731. The van der Waals surface area contributed by atoms with E-state index in [-0.39, 0.29) is 11.2 Å². The third-order valence-electron chi connectivity index (χ3n) is 3.19. The second-order valence-corrected chi connectivity index (χ2v) is 5.88. The van der Waals surface area contributed by atoms with Gasteiger partial charge in [0.05, 0.1) is 0 Å². The fourth-order valence-corrected chi connectivity index (χ4v) is 1.88. The summed E-state index contributed by atoms with van der Waals surface area (Å²) in [4.78, 5) is 10.3. The molecule has 0 radical (unpaired) electrons. The first-order chi connectivity index (χ1) is 9.77. The van der Waals surface area contributed by atoms with Gasteiger partial charge in [-0.2, -0.15) is 0 Å². The minimum atomic E-state index is 0.0331. The van der Waals surface area contributed by atoms with Crippen LogP contribution in [0.1, 0.15) is 42.3 Å². The van der Waals surface area contributed by atoms with Crippen LogP contribution < -0.4 is 0 Å². The fraction of sp³-hybridized carbons (Fsp3) is 0.278. The van der Waals surface area contributed by atoms with Crippen LogP contribution in [0.15, 0.2) is 42.5 Å². The minimum Gasteiger partial charge on any atom is -0.508 e. The summed E-state index contributed by atoms with van der Waals surface area (Å²) in [5.41, 5.74) is 2.21. The molecule has 2 rings (SSSR count). The van der Waals surface area contributed by atoms with Gasteiger partial charge in [0.25, 0.3) is 0 Å². The van der Waals surface area contributed by atoms with E-state index < -0.39 is 0 Å². The SMILES string of the molecule is CC(C)(C)c1ccccc1O.Cc1c(O)cccc1C=O. The molecule has 0 atom stereocenters. The largest absolute Gasteiger partial charge is 0.508 e. The van der Waals surface area contributed by atoms with Gasteiger partial charge in [0, 0.05) is 11.1 Å². The van der Waals surface area contributed by atoms with Crippen molar-refractivity contribution in [3.63, 3.8) is 0 Å². The highest BCUT2D eigenvalue weighted by Crippen LogP contribution is 2.29. The number of hydrogen-bond acceptors (Lipinski definition) is 3. The standard InChI is InChI=1S/C10H14O.C8H8O2/c1-10(2,3)8-6-4-5-7-9(8)11;1-6-7(5-9)3-2-4-8(6)10/h4-7,11H,1-3H3;2-5,10H,1H3. The normalized spacial score (nSPS) is 10.5. The Kier molecular flexibility index (Phi) is 5.53. The zero-order valence-electron chi connectivity index (χ0n) is 12.9. The topological polar surface area (TPSA) is 57.5 Å². The number of aromatic hydroxyl groups is 2. The quantitative estimate of drug-likeness (QED) is 0.772. The second kappa shape index (κ2) is 6.93. The minimum absolute atomic E-state index is 0.0331. The van der Waals surface area contributed by atoms with Crippen LogP contribution in [0.2, 0.25) is 0 Å². The molecule has 0 aromatic heterocycles. The van der Waals surface area contributed by atoms with Crippen molar-refractivity contribution in [2.24, 2.45) is 0 Å². The van der Waals surface area contributed by atoms with Crippen LogP contribution in [-0.2, 0) is 5.41 Å². The van der Waals surface area contributed by atoms with E-state index in [0.29, 0.717) is 16.9 Å². The molecule has 0 heterocycles. The van der Waals surface area contributed by atoms with Crippen LogP contribution in [0.4, 0.5) is 0 Å². The summed E-state index contributed by atoms with van der Waals surface area (Å²) < 4.78 is 0. The number of rotatable bonds is 1. The molecule has 2 aromatic rings. The third-order valence-corrected chi connectivity index (χ3v) is 3.19. The zero-order chi connectivity index (χ0) is 16.0. The van der Waals surface area contributed by atoms with Crippen molar-refractivity contribution in [2.75, 3.05) is 0 Å². The van der Waals surface area contributed by atoms with Gasteiger partial charge in [-0.05, 0) is 30.0 Å². The fourth-order valence-electron chi connectivity index (χ4n) is 1.88. The van der Waals surface area contributed by atoms with Crippen molar-refractivity contribution in [3.05, 3.63) is 59.2 Å². The maximum absolute atomic E-state index is 10.3. The number of carbonyl (C=O) groups excluding carboxylic acids is 1. The molecule has 112 valence electrons. The molecule has 0 amide bonds. The van der Waals surface area contributed by atoms with Crippen LogP contribution >= 0.6 is 0 Å². The molecule has 2 aromatic carbocycles. The second-order valence-electron chi connectivity index (χ2n) is 5.88. The molecule has 0 bridgehead atoms. The van der Waals surface area contributed by atoms with Crippen molar-refractivity contribution < 1.29 is 15.0 Å². The molecule has 3 heteroatoms. The molecule has 0 aliphatic rings. The molecule has 0 saturated carbocycles. The maximum atomic E-state index is 10.3. The number of para-hydroxylation sites is 1. The number of phenolic OH excluding ortho intramolecular Hbond substituents is 2. The first-order valence-corrected chi connectivity index (χ1v) is 6.79. The van der Waals surface area contributed by atoms with Crippen LogP contribution in [0.5, 0.6) is 11.5 Å². The number of phenols is 2. The Balaban J connectivity index is 0.000000211. The van der Waals surface area contributed by atoms with Crippen molar-refractivity contribution in [3.8, 4) is 11.5 Å². The highest BCUT2D eigenvalue weighted by Gasteiger charge is 2.16. The van der Waals surface area contributed by atoms with Gasteiger partial charge in [-0.3, -0.25) is 4.79 Å². The Morgan fingerprint density at radius 2 is 1.48 bits per heavy atom. The van der Waals surface area contributed by atoms with Crippen molar-refractivity contribution in [1.29, 1.82) is 0 Å². The lowest BCUT2D eigenvalue weighted by atomic mass is 9.86. The molecular weight excluding hydrogens is 264 g/mol. The third kappa shape index (κ3) is 4.63. The smallest absolute Gasteiger partial charge is 0.150 e. The van der Waals surface area contributed by atoms with Crippen LogP contribution in [0.3, 0.4) is 0 Å².